The molecule has 0 unspecified atom stereocenters. The Labute approximate surface area is 219 Å². The van der Waals surface area contributed by atoms with E-state index in [2.05, 4.69) is 33.9 Å². The highest BCUT2D eigenvalue weighted by atomic mass is 32.2. The van der Waals surface area contributed by atoms with Crippen molar-refractivity contribution in [3.8, 4) is 5.75 Å². The summed E-state index contributed by atoms with van der Waals surface area (Å²) in [6, 6.07) is 14.1. The highest BCUT2D eigenvalue weighted by Gasteiger charge is 2.43. The Hall–Kier alpha value is -2.58. The number of nitrogens with zero attached hydrogens (tertiary/aromatic N) is 1. The van der Waals surface area contributed by atoms with Crippen LogP contribution < -0.4 is 14.4 Å². The number of hydrogen-bond acceptors (Lipinski definition) is 6. The topological polar surface area (TPSA) is 84.9 Å². The number of nitrogens with one attached hydrogen (secondary N) is 1. The lowest BCUT2D eigenvalue weighted by molar-refractivity contribution is 0.0979. The Bertz CT molecular complexity index is 1280. The molecular formula is C29H36N2O5S. The minimum absolute atomic E-state index is 0.0894. The van der Waals surface area contributed by atoms with Crippen LogP contribution in [0.1, 0.15) is 60.0 Å². The Morgan fingerprint density at radius 2 is 1.86 bits per heavy atom. The summed E-state index contributed by atoms with van der Waals surface area (Å²) in [5.41, 5.74) is 3.89. The Morgan fingerprint density at radius 1 is 1.00 bits per heavy atom. The molecule has 2 bridgehead atoms. The molecule has 3 atom stereocenters. The van der Waals surface area contributed by atoms with Gasteiger partial charge >= 0.3 is 0 Å². The minimum Gasteiger partial charge on any atom is -0.490 e. The monoisotopic (exact) mass is 524 g/mol. The van der Waals surface area contributed by atoms with Crippen LogP contribution in [0.4, 0.5) is 5.69 Å². The van der Waals surface area contributed by atoms with Gasteiger partial charge in [0, 0.05) is 30.7 Å². The third-order valence-electron chi connectivity index (χ3n) is 8.89. The van der Waals surface area contributed by atoms with Crippen molar-refractivity contribution in [2.45, 2.75) is 50.4 Å². The molecule has 37 heavy (non-hydrogen) atoms. The molecule has 2 heterocycles. The van der Waals surface area contributed by atoms with Crippen LogP contribution in [0.3, 0.4) is 0 Å². The van der Waals surface area contributed by atoms with Gasteiger partial charge < -0.3 is 14.4 Å². The van der Waals surface area contributed by atoms with E-state index in [0.717, 1.165) is 56.6 Å². The maximum absolute atomic E-state index is 13.0. The van der Waals surface area contributed by atoms with Crippen LogP contribution in [-0.2, 0) is 26.6 Å². The van der Waals surface area contributed by atoms with Gasteiger partial charge in [0.2, 0.25) is 10.0 Å². The average Bonchev–Trinajstić information content (AvgIpc) is 3.02. The van der Waals surface area contributed by atoms with Crippen molar-refractivity contribution in [3.63, 3.8) is 0 Å². The predicted molar refractivity (Wildman–Crippen MR) is 143 cm³/mol. The molecule has 0 saturated heterocycles. The zero-order valence-corrected chi connectivity index (χ0v) is 22.1. The fourth-order valence-corrected chi connectivity index (χ4v) is 7.58. The lowest BCUT2D eigenvalue weighted by atomic mass is 9.69. The van der Waals surface area contributed by atoms with Crippen LogP contribution in [0.2, 0.25) is 0 Å². The highest BCUT2D eigenvalue weighted by Crippen LogP contribution is 2.46. The number of aryl methyl sites for hydroxylation is 1. The third kappa shape index (κ3) is 4.98. The SMILES string of the molecule is O=C1NS(=O)(=O)CCOCCC[C@H]2CC[C@@H]2CN2C[C@@]3(CCCc4ccccc43)COc3ccc1cc32. The minimum atomic E-state index is -3.78. The molecule has 2 aliphatic heterocycles. The zero-order valence-electron chi connectivity index (χ0n) is 21.3. The van der Waals surface area contributed by atoms with Gasteiger partial charge in [0.1, 0.15) is 5.75 Å². The smallest absolute Gasteiger partial charge is 0.264 e. The van der Waals surface area contributed by atoms with Gasteiger partial charge in [-0.25, -0.2) is 13.1 Å². The summed E-state index contributed by atoms with van der Waals surface area (Å²) in [6.07, 6.45) is 7.74. The van der Waals surface area contributed by atoms with Gasteiger partial charge in [-0.05, 0) is 86.1 Å². The number of fused-ring (bicyclic) bond motifs is 4. The number of carbonyl (C=O) groups excluding carboxylic acids is 1. The Kier molecular flexibility index (Phi) is 6.65. The predicted octanol–water partition coefficient (Wildman–Crippen LogP) is 4.06. The molecule has 1 amide bonds. The molecule has 6 rings (SSSR count). The van der Waals surface area contributed by atoms with Crippen LogP contribution >= 0.6 is 0 Å². The number of benzene rings is 2. The fourth-order valence-electron chi connectivity index (χ4n) is 6.74. The normalized spacial score (nSPS) is 29.6. The second kappa shape index (κ2) is 9.95. The quantitative estimate of drug-likeness (QED) is 0.560. The first kappa shape index (κ1) is 24.7. The number of sulfonamides is 1. The number of amides is 1. The molecule has 2 aromatic rings. The number of rotatable bonds is 0. The highest BCUT2D eigenvalue weighted by molar-refractivity contribution is 7.90. The van der Waals surface area contributed by atoms with Crippen molar-refractivity contribution in [1.29, 1.82) is 0 Å². The van der Waals surface area contributed by atoms with Gasteiger partial charge in [0.25, 0.3) is 5.91 Å². The molecule has 4 aliphatic rings. The number of ether oxygens (including phenoxy) is 2. The van der Waals surface area contributed by atoms with Crippen molar-refractivity contribution in [3.05, 3.63) is 59.2 Å². The fraction of sp³-hybridized carbons (Fsp3) is 0.552. The van der Waals surface area contributed by atoms with Gasteiger partial charge in [-0.2, -0.15) is 0 Å². The van der Waals surface area contributed by atoms with Gasteiger partial charge in [-0.3, -0.25) is 4.79 Å². The summed E-state index contributed by atoms with van der Waals surface area (Å²) < 4.78 is 39.3. The van der Waals surface area contributed by atoms with Crippen LogP contribution in [0.25, 0.3) is 0 Å². The van der Waals surface area contributed by atoms with E-state index in [9.17, 15) is 13.2 Å². The van der Waals surface area contributed by atoms with E-state index in [4.69, 9.17) is 9.47 Å². The molecule has 2 aromatic carbocycles. The first-order valence-corrected chi connectivity index (χ1v) is 15.3. The van der Waals surface area contributed by atoms with Crippen LogP contribution in [0.15, 0.2) is 42.5 Å². The van der Waals surface area contributed by atoms with Crippen molar-refractivity contribution in [2.24, 2.45) is 11.8 Å². The molecule has 198 valence electrons. The Morgan fingerprint density at radius 3 is 2.73 bits per heavy atom. The first-order valence-electron chi connectivity index (χ1n) is 13.7. The molecular weight excluding hydrogens is 488 g/mol. The maximum Gasteiger partial charge on any atom is 0.264 e. The molecule has 7 nitrogen and oxygen atoms in total. The maximum atomic E-state index is 13.0. The van der Waals surface area contributed by atoms with E-state index in [-0.39, 0.29) is 17.8 Å². The molecule has 1 N–H and O–H groups in total. The lowest BCUT2D eigenvalue weighted by Gasteiger charge is -2.44. The van der Waals surface area contributed by atoms with E-state index in [1.165, 1.54) is 24.0 Å². The standard InChI is InChI=1S/C29H36N2O5S/c32-28-23-11-12-27-26(17-23)31(19-29(20-36-27)13-3-6-22-5-1-2-8-25(22)29)18-24-10-9-21(24)7-4-14-35-15-16-37(33,34)30-28/h1-2,5,8,11-12,17,21,24H,3-4,6-7,9-10,13-16,18-20H2,(H,30,32)/t21-,24+,29-/m0/s1. The second-order valence-electron chi connectivity index (χ2n) is 11.2. The van der Waals surface area contributed by atoms with E-state index >= 15 is 0 Å². The van der Waals surface area contributed by atoms with Crippen molar-refractivity contribution < 1.29 is 22.7 Å². The van der Waals surface area contributed by atoms with E-state index < -0.39 is 15.9 Å². The summed E-state index contributed by atoms with van der Waals surface area (Å²) in [7, 11) is -3.78. The average molecular weight is 525 g/mol. The summed E-state index contributed by atoms with van der Waals surface area (Å²) in [4.78, 5) is 15.4. The summed E-state index contributed by atoms with van der Waals surface area (Å²) in [6.45, 7) is 2.97. The Balaban J connectivity index is 1.39. The van der Waals surface area contributed by atoms with Crippen LogP contribution in [-0.4, -0.2) is 53.0 Å². The van der Waals surface area contributed by atoms with Gasteiger partial charge in [-0.1, -0.05) is 24.3 Å². The van der Waals surface area contributed by atoms with Gasteiger partial charge in [-0.15, -0.1) is 0 Å². The van der Waals surface area contributed by atoms with Gasteiger partial charge in [0.15, 0.2) is 0 Å². The van der Waals surface area contributed by atoms with Crippen molar-refractivity contribution in [1.82, 2.24) is 4.72 Å². The van der Waals surface area contributed by atoms with E-state index in [0.29, 0.717) is 30.6 Å². The first-order chi connectivity index (χ1) is 17.9. The lowest BCUT2D eigenvalue weighted by Crippen LogP contribution is -2.48. The molecule has 2 aliphatic carbocycles. The van der Waals surface area contributed by atoms with Crippen molar-refractivity contribution in [2.75, 3.05) is 43.6 Å². The second-order valence-corrected chi connectivity index (χ2v) is 13.1. The number of hydrogen-bond donors (Lipinski definition) is 1. The zero-order chi connectivity index (χ0) is 25.5. The third-order valence-corrected chi connectivity index (χ3v) is 10.1. The molecule has 1 fully saturated rings. The molecule has 1 spiro atoms. The molecule has 8 heteroatoms. The summed E-state index contributed by atoms with van der Waals surface area (Å²) >= 11 is 0. The van der Waals surface area contributed by atoms with E-state index in [1.807, 2.05) is 12.1 Å². The molecule has 0 aromatic heterocycles. The number of anilines is 1. The summed E-state index contributed by atoms with van der Waals surface area (Å²) in [5, 5.41) is 0. The van der Waals surface area contributed by atoms with E-state index in [1.54, 1.807) is 6.07 Å². The molecule has 1 saturated carbocycles. The number of carbonyl (C=O) groups is 1. The van der Waals surface area contributed by atoms with Gasteiger partial charge in [0.05, 0.1) is 24.7 Å². The van der Waals surface area contributed by atoms with Crippen LogP contribution in [0, 0.1) is 11.8 Å². The van der Waals surface area contributed by atoms with Crippen molar-refractivity contribution >= 4 is 21.6 Å². The summed E-state index contributed by atoms with van der Waals surface area (Å²) in [5.74, 6) is 1.16. The molecule has 0 radical (unpaired) electrons. The van der Waals surface area contributed by atoms with Crippen LogP contribution in [0.5, 0.6) is 5.75 Å². The largest absolute Gasteiger partial charge is 0.490 e.